The van der Waals surface area contributed by atoms with Crippen LogP contribution in [-0.4, -0.2) is 36.3 Å². The zero-order valence-corrected chi connectivity index (χ0v) is 16.1. The minimum absolute atomic E-state index is 0.380. The molecule has 2 aromatic carbocycles. The Labute approximate surface area is 167 Å². The van der Waals surface area contributed by atoms with E-state index in [1.807, 2.05) is 31.2 Å². The van der Waals surface area contributed by atoms with Gasteiger partial charge in [0.2, 0.25) is 5.95 Å². The molecule has 4 rings (SSSR count). The molecule has 148 valence electrons. The summed E-state index contributed by atoms with van der Waals surface area (Å²) < 4.78 is 15.9. The Kier molecular flexibility index (Phi) is 5.15. The maximum atomic E-state index is 11.5. The van der Waals surface area contributed by atoms with E-state index in [1.54, 1.807) is 24.3 Å². The van der Waals surface area contributed by atoms with E-state index in [9.17, 15) is 4.79 Å². The van der Waals surface area contributed by atoms with E-state index < -0.39 is 0 Å². The number of hydrogen-bond acceptors (Lipinski definition) is 8. The summed E-state index contributed by atoms with van der Waals surface area (Å²) in [5, 5.41) is 6.41. The fourth-order valence-corrected chi connectivity index (χ4v) is 2.89. The van der Waals surface area contributed by atoms with Crippen LogP contribution in [-0.2, 0) is 4.74 Å². The van der Waals surface area contributed by atoms with E-state index in [2.05, 4.69) is 20.6 Å². The molecule has 1 aromatic heterocycles. The van der Waals surface area contributed by atoms with Crippen molar-refractivity contribution in [3.8, 4) is 11.5 Å². The van der Waals surface area contributed by atoms with Gasteiger partial charge in [0.15, 0.2) is 11.5 Å². The third kappa shape index (κ3) is 4.37. The number of nitrogens with one attached hydrogen (secondary N) is 2. The summed E-state index contributed by atoms with van der Waals surface area (Å²) >= 11 is 0. The maximum Gasteiger partial charge on any atom is 0.337 e. The Morgan fingerprint density at radius 1 is 0.931 bits per heavy atom. The van der Waals surface area contributed by atoms with Crippen LogP contribution in [0.3, 0.4) is 0 Å². The van der Waals surface area contributed by atoms with Gasteiger partial charge in [-0.05, 0) is 43.3 Å². The highest BCUT2D eigenvalue weighted by molar-refractivity contribution is 5.89. The predicted molar refractivity (Wildman–Crippen MR) is 109 cm³/mol. The molecule has 0 fully saturated rings. The van der Waals surface area contributed by atoms with Gasteiger partial charge in [0.05, 0.1) is 12.7 Å². The molecule has 0 amide bonds. The van der Waals surface area contributed by atoms with E-state index in [0.29, 0.717) is 36.3 Å². The van der Waals surface area contributed by atoms with Crippen LogP contribution >= 0.6 is 0 Å². The lowest BCUT2D eigenvalue weighted by molar-refractivity contribution is 0.0601. The second kappa shape index (κ2) is 8.05. The predicted octanol–water partition coefficient (Wildman–Crippen LogP) is 3.83. The SMILES string of the molecule is COC(=O)c1ccc(Nc2nc(C)cc(Nc3ccc4c(c3)OCCO4)n2)cc1. The number of benzene rings is 2. The van der Waals surface area contributed by atoms with Gasteiger partial charge in [0, 0.05) is 29.2 Å². The highest BCUT2D eigenvalue weighted by atomic mass is 16.6. The van der Waals surface area contributed by atoms with Gasteiger partial charge in [-0.3, -0.25) is 0 Å². The fourth-order valence-electron chi connectivity index (χ4n) is 2.89. The fraction of sp³-hybridized carbons (Fsp3) is 0.190. The summed E-state index contributed by atoms with van der Waals surface area (Å²) in [6, 6.07) is 14.4. The molecule has 0 radical (unpaired) electrons. The van der Waals surface area contributed by atoms with Crippen molar-refractivity contribution in [1.82, 2.24) is 9.97 Å². The van der Waals surface area contributed by atoms with Gasteiger partial charge >= 0.3 is 5.97 Å². The second-order valence-electron chi connectivity index (χ2n) is 6.40. The molecule has 2 N–H and O–H groups in total. The summed E-state index contributed by atoms with van der Waals surface area (Å²) in [5.41, 5.74) is 2.87. The van der Waals surface area contributed by atoms with Gasteiger partial charge in [0.1, 0.15) is 19.0 Å². The normalized spacial score (nSPS) is 12.2. The summed E-state index contributed by atoms with van der Waals surface area (Å²) in [5.74, 6) is 2.14. The molecule has 3 aromatic rings. The summed E-state index contributed by atoms with van der Waals surface area (Å²) in [7, 11) is 1.35. The summed E-state index contributed by atoms with van der Waals surface area (Å²) in [4.78, 5) is 20.5. The molecule has 0 aliphatic carbocycles. The Bertz CT molecular complexity index is 1040. The van der Waals surface area contributed by atoms with E-state index in [0.717, 1.165) is 22.8 Å². The first-order valence-electron chi connectivity index (χ1n) is 9.08. The third-order valence-corrected chi connectivity index (χ3v) is 4.23. The van der Waals surface area contributed by atoms with Gasteiger partial charge in [-0.25, -0.2) is 9.78 Å². The number of fused-ring (bicyclic) bond motifs is 1. The van der Waals surface area contributed by atoms with Crippen molar-refractivity contribution >= 4 is 29.1 Å². The number of hydrogen-bond donors (Lipinski definition) is 2. The average molecular weight is 392 g/mol. The number of aromatic nitrogens is 2. The highest BCUT2D eigenvalue weighted by Crippen LogP contribution is 2.33. The summed E-state index contributed by atoms with van der Waals surface area (Å²) in [6.45, 7) is 2.98. The van der Waals surface area contributed by atoms with E-state index >= 15 is 0 Å². The largest absolute Gasteiger partial charge is 0.486 e. The lowest BCUT2D eigenvalue weighted by Crippen LogP contribution is -2.15. The number of ether oxygens (including phenoxy) is 3. The molecule has 1 aliphatic rings. The first-order chi connectivity index (χ1) is 14.1. The second-order valence-corrected chi connectivity index (χ2v) is 6.40. The molecule has 0 saturated heterocycles. The van der Waals surface area contributed by atoms with Crippen LogP contribution in [0, 0.1) is 6.92 Å². The quantitative estimate of drug-likeness (QED) is 0.633. The third-order valence-electron chi connectivity index (χ3n) is 4.23. The number of rotatable bonds is 5. The standard InChI is InChI=1S/C21H20N4O4/c1-13-11-19(23-16-7-8-17-18(12-16)29-10-9-28-17)25-21(22-13)24-15-5-3-14(4-6-15)20(26)27-2/h3-8,11-12H,9-10H2,1-2H3,(H2,22,23,24,25). The molecule has 8 heteroatoms. The van der Waals surface area contributed by atoms with Crippen LogP contribution in [0.4, 0.5) is 23.1 Å². The van der Waals surface area contributed by atoms with Crippen molar-refractivity contribution in [3.63, 3.8) is 0 Å². The number of nitrogens with zero attached hydrogens (tertiary/aromatic N) is 2. The average Bonchev–Trinajstić information content (AvgIpc) is 2.73. The molecule has 0 bridgehead atoms. The Balaban J connectivity index is 1.51. The number of aryl methyl sites for hydroxylation is 1. The number of carbonyl (C=O) groups is 1. The van der Waals surface area contributed by atoms with Gasteiger partial charge < -0.3 is 24.8 Å². The van der Waals surface area contributed by atoms with Gasteiger partial charge in [-0.2, -0.15) is 4.98 Å². The van der Waals surface area contributed by atoms with Crippen LogP contribution in [0.15, 0.2) is 48.5 Å². The molecule has 29 heavy (non-hydrogen) atoms. The van der Waals surface area contributed by atoms with Crippen LogP contribution in [0.2, 0.25) is 0 Å². The van der Waals surface area contributed by atoms with E-state index in [1.165, 1.54) is 7.11 Å². The number of esters is 1. The molecule has 1 aliphatic heterocycles. The first kappa shape index (κ1) is 18.5. The monoisotopic (exact) mass is 392 g/mol. The van der Waals surface area contributed by atoms with Crippen LogP contribution < -0.4 is 20.1 Å². The van der Waals surface area contributed by atoms with Crippen LogP contribution in [0.1, 0.15) is 16.1 Å². The van der Waals surface area contributed by atoms with Gasteiger partial charge in [0.25, 0.3) is 0 Å². The van der Waals surface area contributed by atoms with Crippen molar-refractivity contribution in [2.45, 2.75) is 6.92 Å². The van der Waals surface area contributed by atoms with Gasteiger partial charge in [-0.1, -0.05) is 0 Å². The Hall–Kier alpha value is -3.81. The minimum Gasteiger partial charge on any atom is -0.486 e. The van der Waals surface area contributed by atoms with Crippen molar-refractivity contribution in [3.05, 3.63) is 59.8 Å². The molecular formula is C21H20N4O4. The van der Waals surface area contributed by atoms with Crippen LogP contribution in [0.5, 0.6) is 11.5 Å². The molecule has 0 spiro atoms. The smallest absolute Gasteiger partial charge is 0.337 e. The minimum atomic E-state index is -0.380. The number of anilines is 4. The molecule has 0 saturated carbocycles. The Morgan fingerprint density at radius 3 is 2.41 bits per heavy atom. The summed E-state index contributed by atoms with van der Waals surface area (Å²) in [6.07, 6.45) is 0. The van der Waals surface area contributed by atoms with Crippen molar-refractivity contribution in [2.24, 2.45) is 0 Å². The molecule has 2 heterocycles. The van der Waals surface area contributed by atoms with Crippen LogP contribution in [0.25, 0.3) is 0 Å². The maximum absolute atomic E-state index is 11.5. The van der Waals surface area contributed by atoms with Crippen molar-refractivity contribution in [2.75, 3.05) is 31.0 Å². The number of carbonyl (C=O) groups excluding carboxylic acids is 1. The zero-order valence-electron chi connectivity index (χ0n) is 16.1. The lowest BCUT2D eigenvalue weighted by atomic mass is 10.2. The first-order valence-corrected chi connectivity index (χ1v) is 9.08. The molecule has 0 atom stereocenters. The molecule has 0 unspecified atom stereocenters. The highest BCUT2D eigenvalue weighted by Gasteiger charge is 2.12. The Morgan fingerprint density at radius 2 is 1.66 bits per heavy atom. The van der Waals surface area contributed by atoms with Crippen molar-refractivity contribution in [1.29, 1.82) is 0 Å². The zero-order chi connectivity index (χ0) is 20.2. The van der Waals surface area contributed by atoms with E-state index in [4.69, 9.17) is 14.2 Å². The molecule has 8 nitrogen and oxygen atoms in total. The topological polar surface area (TPSA) is 94.6 Å². The molecular weight excluding hydrogens is 372 g/mol. The van der Waals surface area contributed by atoms with Crippen molar-refractivity contribution < 1.29 is 19.0 Å². The van der Waals surface area contributed by atoms with Gasteiger partial charge in [-0.15, -0.1) is 0 Å². The van der Waals surface area contributed by atoms with E-state index in [-0.39, 0.29) is 5.97 Å². The number of methoxy groups -OCH3 is 1. The lowest BCUT2D eigenvalue weighted by Gasteiger charge is -2.19.